The highest BCUT2D eigenvalue weighted by Crippen LogP contribution is 2.36. The number of hydrogen-bond donors (Lipinski definition) is 4. The third-order valence-corrected chi connectivity index (χ3v) is 3.31. The number of anilines is 1. The first-order valence-corrected chi connectivity index (χ1v) is 5.95. The second kappa shape index (κ2) is 5.68. The van der Waals surface area contributed by atoms with Gasteiger partial charge < -0.3 is 25.8 Å². The maximum Gasteiger partial charge on any atom is 0.351 e. The summed E-state index contributed by atoms with van der Waals surface area (Å²) >= 11 is 0. The zero-order valence-corrected chi connectivity index (χ0v) is 10.8. The van der Waals surface area contributed by atoms with E-state index in [9.17, 15) is 20.1 Å². The lowest BCUT2D eigenvalue weighted by Gasteiger charge is -2.27. The van der Waals surface area contributed by atoms with Crippen LogP contribution in [0.5, 0.6) is 0 Å². The Morgan fingerprint density at radius 1 is 1.62 bits per heavy atom. The first kappa shape index (κ1) is 15.2. The van der Waals surface area contributed by atoms with E-state index in [2.05, 4.69) is 15.0 Å². The molecule has 0 unspecified atom stereocenters. The van der Waals surface area contributed by atoms with Crippen molar-refractivity contribution in [2.75, 3.05) is 18.9 Å². The van der Waals surface area contributed by atoms with E-state index in [1.807, 2.05) is 0 Å². The molecule has 0 aliphatic carbocycles. The predicted octanol–water partition coefficient (Wildman–Crippen LogP) is -1.88. The van der Waals surface area contributed by atoms with Crippen molar-refractivity contribution in [3.05, 3.63) is 33.2 Å². The molecule has 11 heteroatoms. The highest BCUT2D eigenvalue weighted by Gasteiger charge is 2.54. The largest absolute Gasteiger partial charge is 0.393 e. The minimum atomic E-state index is -1.70. The quantitative estimate of drug-likeness (QED) is 0.285. The van der Waals surface area contributed by atoms with Crippen LogP contribution in [0, 0.1) is 0 Å². The maximum absolute atomic E-state index is 11.7. The molecule has 1 saturated heterocycles. The Kier molecular flexibility index (Phi) is 4.11. The van der Waals surface area contributed by atoms with Gasteiger partial charge in [0, 0.05) is 11.1 Å². The lowest BCUT2D eigenvalue weighted by molar-refractivity contribution is -0.123. The Labute approximate surface area is 117 Å². The molecule has 1 aromatic heterocycles. The smallest absolute Gasteiger partial charge is 0.351 e. The molecule has 11 nitrogen and oxygen atoms in total. The van der Waals surface area contributed by atoms with Gasteiger partial charge in [-0.15, -0.1) is 0 Å². The number of aliphatic hydroxyl groups is 3. The lowest BCUT2D eigenvalue weighted by Crippen LogP contribution is -2.48. The van der Waals surface area contributed by atoms with Crippen molar-refractivity contribution in [1.82, 2.24) is 9.55 Å². The Hall–Kier alpha value is -2.17. The van der Waals surface area contributed by atoms with Crippen LogP contribution in [-0.2, 0) is 4.74 Å². The molecule has 0 amide bonds. The van der Waals surface area contributed by atoms with E-state index in [0.717, 1.165) is 4.57 Å². The van der Waals surface area contributed by atoms with Gasteiger partial charge in [-0.05, 0) is 11.6 Å². The van der Waals surface area contributed by atoms with Crippen LogP contribution >= 0.6 is 0 Å². The molecule has 1 aromatic rings. The fraction of sp³-hybridized carbons (Fsp3) is 0.600. The van der Waals surface area contributed by atoms with Gasteiger partial charge in [0.1, 0.15) is 23.6 Å². The highest BCUT2D eigenvalue weighted by molar-refractivity contribution is 5.23. The first-order valence-electron chi connectivity index (χ1n) is 5.95. The molecule has 1 fully saturated rings. The summed E-state index contributed by atoms with van der Waals surface area (Å²) in [5.74, 6) is -0.00760. The van der Waals surface area contributed by atoms with E-state index < -0.39 is 42.9 Å². The molecule has 0 radical (unpaired) electrons. The van der Waals surface area contributed by atoms with E-state index in [1.54, 1.807) is 0 Å². The van der Waals surface area contributed by atoms with Crippen LogP contribution in [0.25, 0.3) is 10.4 Å². The van der Waals surface area contributed by atoms with Crippen molar-refractivity contribution < 1.29 is 20.1 Å². The van der Waals surface area contributed by atoms with E-state index >= 15 is 0 Å². The van der Waals surface area contributed by atoms with Crippen LogP contribution < -0.4 is 11.4 Å². The van der Waals surface area contributed by atoms with Crippen LogP contribution in [0.1, 0.15) is 6.23 Å². The summed E-state index contributed by atoms with van der Waals surface area (Å²) in [4.78, 5) is 17.8. The van der Waals surface area contributed by atoms with Crippen LogP contribution in [0.3, 0.4) is 0 Å². The van der Waals surface area contributed by atoms with E-state index in [1.165, 1.54) is 12.3 Å². The SMILES string of the molecule is [N-]=[N+]=NC[C@]1(CO)O[C@@H](n2ccc(N)nc2=O)[C@@H](O)[C@@H]1O. The third kappa shape index (κ3) is 2.55. The Morgan fingerprint density at radius 2 is 2.33 bits per heavy atom. The molecule has 2 heterocycles. The number of rotatable bonds is 4. The van der Waals surface area contributed by atoms with Gasteiger partial charge in [-0.25, -0.2) is 4.79 Å². The summed E-state index contributed by atoms with van der Waals surface area (Å²) in [5, 5.41) is 32.7. The maximum atomic E-state index is 11.7. The molecule has 5 N–H and O–H groups in total. The number of nitrogens with two attached hydrogens (primary N) is 1. The molecule has 21 heavy (non-hydrogen) atoms. The van der Waals surface area contributed by atoms with Gasteiger partial charge in [-0.1, -0.05) is 5.11 Å². The van der Waals surface area contributed by atoms with Crippen LogP contribution in [0.2, 0.25) is 0 Å². The molecule has 0 bridgehead atoms. The van der Waals surface area contributed by atoms with Crippen LogP contribution in [0.4, 0.5) is 5.82 Å². The van der Waals surface area contributed by atoms with Crippen molar-refractivity contribution in [1.29, 1.82) is 0 Å². The van der Waals surface area contributed by atoms with Crippen molar-refractivity contribution in [3.8, 4) is 0 Å². The minimum absolute atomic E-state index is 0.00760. The van der Waals surface area contributed by atoms with Crippen molar-refractivity contribution in [2.45, 2.75) is 24.0 Å². The van der Waals surface area contributed by atoms with Gasteiger partial charge >= 0.3 is 5.69 Å². The van der Waals surface area contributed by atoms with Crippen LogP contribution in [-0.4, -0.2) is 55.8 Å². The van der Waals surface area contributed by atoms with Crippen molar-refractivity contribution >= 4 is 5.82 Å². The standard InChI is InChI=1S/C10H14N6O5/c11-5-1-2-16(9(20)14-5)8-6(18)7(19)10(4-17,21-8)3-13-15-12/h1-2,6-8,17-19H,3-4H2,(H2,11,14,20)/t6-,7-,8+,10+/m0/s1. The summed E-state index contributed by atoms with van der Waals surface area (Å²) in [6, 6.07) is 1.32. The van der Waals surface area contributed by atoms with Gasteiger partial charge in [0.05, 0.1) is 13.2 Å². The van der Waals surface area contributed by atoms with Gasteiger partial charge in [0.2, 0.25) is 0 Å². The zero-order chi connectivity index (χ0) is 15.6. The zero-order valence-electron chi connectivity index (χ0n) is 10.8. The summed E-state index contributed by atoms with van der Waals surface area (Å²) in [6.07, 6.45) is -3.12. The fourth-order valence-corrected chi connectivity index (χ4v) is 2.15. The number of nitrogen functional groups attached to an aromatic ring is 1. The molecule has 114 valence electrons. The molecule has 1 aliphatic rings. The predicted molar refractivity (Wildman–Crippen MR) is 68.9 cm³/mol. The number of ether oxygens (including phenoxy) is 1. The van der Waals surface area contributed by atoms with E-state index in [-0.39, 0.29) is 5.82 Å². The number of azide groups is 1. The van der Waals surface area contributed by atoms with Gasteiger partial charge in [-0.2, -0.15) is 4.98 Å². The highest BCUT2D eigenvalue weighted by atomic mass is 16.6. The number of aromatic nitrogens is 2. The molecule has 0 saturated carbocycles. The van der Waals surface area contributed by atoms with Crippen LogP contribution in [0.15, 0.2) is 22.2 Å². The number of hydrogen-bond acceptors (Lipinski definition) is 8. The third-order valence-electron chi connectivity index (χ3n) is 3.31. The Morgan fingerprint density at radius 3 is 2.90 bits per heavy atom. The fourth-order valence-electron chi connectivity index (χ4n) is 2.15. The summed E-state index contributed by atoms with van der Waals surface area (Å²) < 4.78 is 6.33. The Bertz CT molecular complexity index is 629. The second-order valence-electron chi connectivity index (χ2n) is 4.60. The Balaban J connectivity index is 2.39. The number of aliphatic hydroxyl groups excluding tert-OH is 3. The van der Waals surface area contributed by atoms with Gasteiger partial charge in [0.15, 0.2) is 6.23 Å². The topological polar surface area (TPSA) is 180 Å². The number of nitrogens with zero attached hydrogens (tertiary/aromatic N) is 5. The molecule has 0 spiro atoms. The normalized spacial score (nSPS) is 31.9. The molecule has 0 aromatic carbocycles. The monoisotopic (exact) mass is 298 g/mol. The van der Waals surface area contributed by atoms with Crippen molar-refractivity contribution in [2.24, 2.45) is 5.11 Å². The second-order valence-corrected chi connectivity index (χ2v) is 4.60. The average molecular weight is 298 g/mol. The summed E-state index contributed by atoms with van der Waals surface area (Å²) in [6.45, 7) is -1.12. The minimum Gasteiger partial charge on any atom is -0.393 e. The lowest BCUT2D eigenvalue weighted by atomic mass is 9.96. The van der Waals surface area contributed by atoms with Gasteiger partial charge in [0.25, 0.3) is 0 Å². The van der Waals surface area contributed by atoms with Crippen molar-refractivity contribution in [3.63, 3.8) is 0 Å². The summed E-state index contributed by atoms with van der Waals surface area (Å²) in [7, 11) is 0. The molecule has 4 atom stereocenters. The van der Waals surface area contributed by atoms with E-state index in [0.29, 0.717) is 0 Å². The van der Waals surface area contributed by atoms with E-state index in [4.69, 9.17) is 16.0 Å². The summed E-state index contributed by atoms with van der Waals surface area (Å²) in [5.41, 5.74) is 11.2. The molecule has 2 rings (SSSR count). The average Bonchev–Trinajstić information content (AvgIpc) is 2.71. The first-order chi connectivity index (χ1) is 9.95. The molecular weight excluding hydrogens is 284 g/mol. The molecular formula is C10H14N6O5. The molecule has 1 aliphatic heterocycles. The van der Waals surface area contributed by atoms with Gasteiger partial charge in [-0.3, -0.25) is 4.57 Å².